The van der Waals surface area contributed by atoms with Crippen molar-refractivity contribution < 1.29 is 4.79 Å². The minimum absolute atomic E-state index is 0.412. The highest BCUT2D eigenvalue weighted by atomic mass is 16.2. The number of amides is 2. The molecule has 2 N–H and O–H groups in total. The van der Waals surface area contributed by atoms with Crippen LogP contribution in [-0.4, -0.2) is 26.2 Å². The van der Waals surface area contributed by atoms with E-state index >= 15 is 0 Å². The number of tetrazole rings is 1. The van der Waals surface area contributed by atoms with Crippen LogP contribution >= 0.6 is 0 Å². The molecule has 0 radical (unpaired) electrons. The predicted octanol–water partition coefficient (Wildman–Crippen LogP) is 2.42. The summed E-state index contributed by atoms with van der Waals surface area (Å²) >= 11 is 0. The summed E-state index contributed by atoms with van der Waals surface area (Å²) in [6.45, 7) is 1.79. The monoisotopic (exact) mass is 333 g/mol. The van der Waals surface area contributed by atoms with E-state index in [0.717, 1.165) is 5.69 Å². The Bertz CT molecular complexity index is 914. The van der Waals surface area contributed by atoms with Crippen LogP contribution in [0, 0.1) is 11.3 Å². The number of nitrogens with zero attached hydrogens (tertiary/aromatic N) is 5. The number of rotatable bonds is 4. The van der Waals surface area contributed by atoms with Crippen molar-refractivity contribution >= 4 is 11.7 Å². The Hall–Kier alpha value is -3.73. The zero-order valence-corrected chi connectivity index (χ0v) is 13.4. The molecule has 25 heavy (non-hydrogen) atoms. The molecule has 8 heteroatoms. The molecule has 0 unspecified atom stereocenters. The average Bonchev–Trinajstić information content (AvgIpc) is 3.12. The van der Waals surface area contributed by atoms with Crippen molar-refractivity contribution in [2.24, 2.45) is 0 Å². The van der Waals surface area contributed by atoms with Crippen molar-refractivity contribution in [3.63, 3.8) is 0 Å². The third-order valence-electron chi connectivity index (χ3n) is 3.48. The van der Waals surface area contributed by atoms with Gasteiger partial charge < -0.3 is 10.6 Å². The lowest BCUT2D eigenvalue weighted by Crippen LogP contribution is -2.32. The largest absolute Gasteiger partial charge is 0.328 e. The first-order valence-corrected chi connectivity index (χ1v) is 7.59. The summed E-state index contributed by atoms with van der Waals surface area (Å²) in [5.74, 6) is 0.507. The molecule has 0 fully saturated rings. The van der Waals surface area contributed by atoms with Crippen molar-refractivity contribution in [2.75, 3.05) is 5.32 Å². The summed E-state index contributed by atoms with van der Waals surface area (Å²) in [5.41, 5.74) is 1.81. The zero-order valence-electron chi connectivity index (χ0n) is 13.4. The minimum Gasteiger partial charge on any atom is -0.328 e. The summed E-state index contributed by atoms with van der Waals surface area (Å²) in [5, 5.41) is 26.0. The summed E-state index contributed by atoms with van der Waals surface area (Å²) in [7, 11) is 0. The maximum Gasteiger partial charge on any atom is 0.319 e. The first kappa shape index (κ1) is 16.1. The van der Waals surface area contributed by atoms with E-state index in [4.69, 9.17) is 5.26 Å². The minimum atomic E-state index is -0.422. The number of hydrogen-bond acceptors (Lipinski definition) is 5. The van der Waals surface area contributed by atoms with Gasteiger partial charge in [0, 0.05) is 5.69 Å². The highest BCUT2D eigenvalue weighted by molar-refractivity contribution is 5.89. The second-order valence-corrected chi connectivity index (χ2v) is 5.30. The summed E-state index contributed by atoms with van der Waals surface area (Å²) in [6.07, 6.45) is 0. The number of hydrogen-bond donors (Lipinski definition) is 2. The molecule has 3 aromatic rings. The van der Waals surface area contributed by atoms with Crippen molar-refractivity contribution in [3.05, 3.63) is 66.0 Å². The molecule has 1 atom stereocenters. The molecule has 8 nitrogen and oxygen atoms in total. The number of carbonyl (C=O) groups is 1. The van der Waals surface area contributed by atoms with Gasteiger partial charge in [-0.1, -0.05) is 24.3 Å². The first-order valence-electron chi connectivity index (χ1n) is 7.59. The van der Waals surface area contributed by atoms with Gasteiger partial charge >= 0.3 is 6.03 Å². The molecule has 0 aliphatic rings. The number of benzene rings is 2. The van der Waals surface area contributed by atoms with E-state index in [1.807, 2.05) is 36.4 Å². The van der Waals surface area contributed by atoms with Crippen LogP contribution in [-0.2, 0) is 0 Å². The Morgan fingerprint density at radius 3 is 2.76 bits per heavy atom. The van der Waals surface area contributed by atoms with Crippen LogP contribution in [0.3, 0.4) is 0 Å². The average molecular weight is 333 g/mol. The standard InChI is InChI=1S/C17H15N7O/c1-12(16-21-22-23-24(16)15-8-3-2-4-9-15)19-17(25)20-14-7-5-6-13(10-14)11-18/h2-10,12H,1H3,(H2,19,20,25)/t12-/m0/s1. The molecule has 3 rings (SSSR count). The predicted molar refractivity (Wildman–Crippen MR) is 90.9 cm³/mol. The van der Waals surface area contributed by atoms with E-state index in [0.29, 0.717) is 17.1 Å². The molecule has 2 aromatic carbocycles. The lowest BCUT2D eigenvalue weighted by molar-refractivity contribution is 0.248. The molecule has 0 spiro atoms. The van der Waals surface area contributed by atoms with Gasteiger partial charge in [0.1, 0.15) is 0 Å². The van der Waals surface area contributed by atoms with E-state index in [9.17, 15) is 4.79 Å². The van der Waals surface area contributed by atoms with Crippen molar-refractivity contribution in [1.82, 2.24) is 25.5 Å². The molecular formula is C17H15N7O. The van der Waals surface area contributed by atoms with Crippen molar-refractivity contribution in [1.29, 1.82) is 5.26 Å². The van der Waals surface area contributed by atoms with E-state index in [1.54, 1.807) is 35.9 Å². The third-order valence-corrected chi connectivity index (χ3v) is 3.48. The van der Waals surface area contributed by atoms with Crippen molar-refractivity contribution in [2.45, 2.75) is 13.0 Å². The molecule has 0 aliphatic carbocycles. The fraction of sp³-hybridized carbons (Fsp3) is 0.118. The second-order valence-electron chi connectivity index (χ2n) is 5.30. The van der Waals surface area contributed by atoms with Gasteiger partial charge in [-0.05, 0) is 47.7 Å². The molecule has 0 saturated heterocycles. The van der Waals surface area contributed by atoms with Crippen LogP contribution in [0.1, 0.15) is 24.4 Å². The number of para-hydroxylation sites is 1. The van der Waals surface area contributed by atoms with E-state index in [2.05, 4.69) is 26.2 Å². The molecule has 2 amide bonds. The maximum absolute atomic E-state index is 12.2. The second kappa shape index (κ2) is 7.23. The molecule has 124 valence electrons. The van der Waals surface area contributed by atoms with Crippen LogP contribution in [0.15, 0.2) is 54.6 Å². The van der Waals surface area contributed by atoms with Gasteiger partial charge in [-0.25, -0.2) is 4.79 Å². The highest BCUT2D eigenvalue weighted by Crippen LogP contribution is 2.14. The zero-order chi connectivity index (χ0) is 17.6. The third kappa shape index (κ3) is 3.79. The molecule has 1 heterocycles. The summed E-state index contributed by atoms with van der Waals surface area (Å²) in [6, 6.07) is 17.3. The van der Waals surface area contributed by atoms with Crippen LogP contribution in [0.2, 0.25) is 0 Å². The number of urea groups is 1. The Balaban J connectivity index is 1.70. The number of nitriles is 1. The normalized spacial score (nSPS) is 11.4. The first-order chi connectivity index (χ1) is 12.2. The van der Waals surface area contributed by atoms with Gasteiger partial charge in [-0.3, -0.25) is 0 Å². The number of nitrogens with one attached hydrogen (secondary N) is 2. The topological polar surface area (TPSA) is 109 Å². The van der Waals surface area contributed by atoms with Gasteiger partial charge in [0.2, 0.25) is 0 Å². The van der Waals surface area contributed by atoms with E-state index in [1.165, 1.54) is 0 Å². The molecule has 1 aromatic heterocycles. The summed E-state index contributed by atoms with van der Waals surface area (Å²) < 4.78 is 1.57. The fourth-order valence-corrected chi connectivity index (χ4v) is 2.31. The highest BCUT2D eigenvalue weighted by Gasteiger charge is 2.17. The number of aromatic nitrogens is 4. The summed E-state index contributed by atoms with van der Waals surface area (Å²) in [4.78, 5) is 12.2. The Morgan fingerprint density at radius 1 is 1.20 bits per heavy atom. The van der Waals surface area contributed by atoms with Crippen LogP contribution < -0.4 is 10.6 Å². The Morgan fingerprint density at radius 2 is 2.00 bits per heavy atom. The number of carbonyl (C=O) groups excluding carboxylic acids is 1. The van der Waals surface area contributed by atoms with Crippen LogP contribution in [0.25, 0.3) is 5.69 Å². The van der Waals surface area contributed by atoms with Gasteiger partial charge in [0.15, 0.2) is 5.82 Å². The van der Waals surface area contributed by atoms with E-state index < -0.39 is 12.1 Å². The quantitative estimate of drug-likeness (QED) is 0.762. The van der Waals surface area contributed by atoms with Crippen LogP contribution in [0.5, 0.6) is 0 Å². The lowest BCUT2D eigenvalue weighted by Gasteiger charge is -2.14. The van der Waals surface area contributed by atoms with Gasteiger partial charge in [-0.15, -0.1) is 5.10 Å². The smallest absolute Gasteiger partial charge is 0.319 e. The Kier molecular flexibility index (Phi) is 4.67. The van der Waals surface area contributed by atoms with Crippen LogP contribution in [0.4, 0.5) is 10.5 Å². The maximum atomic E-state index is 12.2. The van der Waals surface area contributed by atoms with Gasteiger partial charge in [-0.2, -0.15) is 9.94 Å². The van der Waals surface area contributed by atoms with Gasteiger partial charge in [0.25, 0.3) is 0 Å². The van der Waals surface area contributed by atoms with E-state index in [-0.39, 0.29) is 0 Å². The molecule has 0 saturated carbocycles. The van der Waals surface area contributed by atoms with Crippen molar-refractivity contribution in [3.8, 4) is 11.8 Å². The Labute approximate surface area is 144 Å². The molecule has 0 aliphatic heterocycles. The SMILES string of the molecule is C[C@H](NC(=O)Nc1cccc(C#N)c1)c1nnnn1-c1ccccc1. The van der Waals surface area contributed by atoms with Gasteiger partial charge in [0.05, 0.1) is 23.4 Å². The fourth-order valence-electron chi connectivity index (χ4n) is 2.31. The lowest BCUT2D eigenvalue weighted by atomic mass is 10.2. The number of anilines is 1. The molecule has 0 bridgehead atoms. The molecular weight excluding hydrogens is 318 g/mol.